The van der Waals surface area contributed by atoms with Crippen LogP contribution in [0, 0.1) is 0 Å². The van der Waals surface area contributed by atoms with Crippen molar-refractivity contribution in [3.05, 3.63) is 90.0 Å². The fourth-order valence-corrected chi connectivity index (χ4v) is 3.90. The molecular formula is C30H35N4O9-. The van der Waals surface area contributed by atoms with E-state index < -0.39 is 53.9 Å². The molecule has 2 aromatic rings. The summed E-state index contributed by atoms with van der Waals surface area (Å²) in [6, 6.07) is 14.4. The van der Waals surface area contributed by atoms with Crippen LogP contribution in [0.1, 0.15) is 50.4 Å². The standard InChI is InChI=1S/C25H28N4O5.C4H4O4.CH4/c1-4-34-22(31)14-20(18-8-6-5-7-9-18)27-21(30)15-29-23(32)25(3,28-24(29)33)19-12-10-17(11-13-19)16(2)26;5-3(6)1-2-4(7)8;/h5-13,20H,2,4,14-15,26H2,1,3H3,(H,27,30)(H,28,33);1-2H,(H,5,6)(H,7,8);1H4/p-1/b;2-1-;/t20-,25-;;/m0../s1. The van der Waals surface area contributed by atoms with Crippen LogP contribution in [0.3, 0.4) is 0 Å². The highest BCUT2D eigenvalue weighted by molar-refractivity contribution is 6.09. The lowest BCUT2D eigenvalue weighted by atomic mass is 9.91. The van der Waals surface area contributed by atoms with Crippen LogP contribution in [-0.4, -0.2) is 58.9 Å². The topological polar surface area (TPSA) is 208 Å². The molecule has 230 valence electrons. The van der Waals surface area contributed by atoms with Gasteiger partial charge in [0.1, 0.15) is 12.1 Å². The molecule has 1 aliphatic rings. The third kappa shape index (κ3) is 10.1. The number of amides is 4. The van der Waals surface area contributed by atoms with Gasteiger partial charge >= 0.3 is 18.0 Å². The van der Waals surface area contributed by atoms with E-state index in [1.54, 1.807) is 62.4 Å². The molecule has 1 heterocycles. The number of rotatable bonds is 11. The molecular weight excluding hydrogens is 560 g/mol. The van der Waals surface area contributed by atoms with Gasteiger partial charge in [0.25, 0.3) is 5.91 Å². The number of carboxylic acid groups (broad SMARTS) is 2. The number of carbonyl (C=O) groups is 6. The number of hydrogen-bond donors (Lipinski definition) is 4. The number of ether oxygens (including phenoxy) is 1. The lowest BCUT2D eigenvalue weighted by molar-refractivity contribution is -0.297. The van der Waals surface area contributed by atoms with E-state index in [1.165, 1.54) is 0 Å². The summed E-state index contributed by atoms with van der Waals surface area (Å²) in [5.41, 5.74) is 6.69. The minimum absolute atomic E-state index is 0. The van der Waals surface area contributed by atoms with E-state index in [9.17, 15) is 33.9 Å². The summed E-state index contributed by atoms with van der Waals surface area (Å²) in [6.07, 6.45) is 0.859. The number of carbonyl (C=O) groups excluding carboxylic acids is 5. The van der Waals surface area contributed by atoms with Crippen LogP contribution in [-0.2, 0) is 34.2 Å². The van der Waals surface area contributed by atoms with Crippen molar-refractivity contribution < 1.29 is 43.7 Å². The quantitative estimate of drug-likeness (QED) is 0.166. The zero-order chi connectivity index (χ0) is 31.4. The molecule has 2 aromatic carbocycles. The maximum atomic E-state index is 13.2. The maximum absolute atomic E-state index is 13.2. The molecule has 43 heavy (non-hydrogen) atoms. The molecule has 0 bridgehead atoms. The number of imide groups is 1. The van der Waals surface area contributed by atoms with Crippen molar-refractivity contribution in [2.45, 2.75) is 39.3 Å². The second-order valence-corrected chi connectivity index (χ2v) is 9.08. The van der Waals surface area contributed by atoms with Gasteiger partial charge in [0, 0.05) is 11.8 Å². The normalized spacial score (nSPS) is 16.2. The van der Waals surface area contributed by atoms with Gasteiger partial charge in [-0.25, -0.2) is 9.59 Å². The minimum atomic E-state index is -1.51. The van der Waals surface area contributed by atoms with Crippen molar-refractivity contribution in [1.29, 1.82) is 0 Å². The molecule has 1 saturated heterocycles. The Labute approximate surface area is 249 Å². The smallest absolute Gasteiger partial charge is 0.328 e. The van der Waals surface area contributed by atoms with Crippen molar-refractivity contribution in [1.82, 2.24) is 15.5 Å². The van der Waals surface area contributed by atoms with Crippen LogP contribution < -0.4 is 21.5 Å². The molecule has 0 spiro atoms. The number of esters is 1. The second kappa shape index (κ2) is 16.1. The number of aliphatic carboxylic acids is 2. The highest BCUT2D eigenvalue weighted by atomic mass is 16.5. The molecule has 1 fully saturated rings. The summed E-state index contributed by atoms with van der Waals surface area (Å²) in [7, 11) is 0. The van der Waals surface area contributed by atoms with Crippen molar-refractivity contribution in [3.8, 4) is 0 Å². The largest absolute Gasteiger partial charge is 0.545 e. The maximum Gasteiger partial charge on any atom is 0.328 e. The van der Waals surface area contributed by atoms with E-state index in [4.69, 9.17) is 15.6 Å². The predicted octanol–water partition coefficient (Wildman–Crippen LogP) is 1.21. The van der Waals surface area contributed by atoms with Crippen molar-refractivity contribution in [3.63, 3.8) is 0 Å². The highest BCUT2D eigenvalue weighted by Crippen LogP contribution is 2.29. The highest BCUT2D eigenvalue weighted by Gasteiger charge is 2.49. The predicted molar refractivity (Wildman–Crippen MR) is 154 cm³/mol. The van der Waals surface area contributed by atoms with Crippen LogP contribution in [0.25, 0.3) is 5.70 Å². The molecule has 0 aliphatic carbocycles. The number of urea groups is 1. The second-order valence-electron chi connectivity index (χ2n) is 9.08. The Kier molecular flexibility index (Phi) is 13.3. The van der Waals surface area contributed by atoms with Crippen LogP contribution >= 0.6 is 0 Å². The van der Waals surface area contributed by atoms with Gasteiger partial charge in [0.2, 0.25) is 5.91 Å². The Morgan fingerprint density at radius 3 is 2.21 bits per heavy atom. The Hall–Kier alpha value is -5.46. The number of benzene rings is 2. The third-order valence-electron chi connectivity index (χ3n) is 5.98. The zero-order valence-corrected chi connectivity index (χ0v) is 23.0. The van der Waals surface area contributed by atoms with Crippen LogP contribution in [0.2, 0.25) is 0 Å². The average molecular weight is 596 g/mol. The summed E-state index contributed by atoms with van der Waals surface area (Å²) in [6.45, 7) is 6.67. The molecule has 13 nitrogen and oxygen atoms in total. The Morgan fingerprint density at radius 1 is 1.12 bits per heavy atom. The number of nitrogens with one attached hydrogen (secondary N) is 2. The monoisotopic (exact) mass is 595 g/mol. The van der Waals surface area contributed by atoms with Gasteiger partial charge in [-0.05, 0) is 36.6 Å². The number of nitrogens with two attached hydrogens (primary N) is 1. The molecule has 5 N–H and O–H groups in total. The van der Waals surface area contributed by atoms with Gasteiger partial charge in [-0.2, -0.15) is 0 Å². The van der Waals surface area contributed by atoms with Gasteiger partial charge in [-0.1, -0.05) is 68.6 Å². The van der Waals surface area contributed by atoms with E-state index in [1.807, 2.05) is 6.07 Å². The summed E-state index contributed by atoms with van der Waals surface area (Å²) in [5.74, 6) is -4.42. The lowest BCUT2D eigenvalue weighted by Gasteiger charge is -2.23. The Morgan fingerprint density at radius 2 is 1.72 bits per heavy atom. The molecule has 0 saturated carbocycles. The first-order chi connectivity index (χ1) is 19.8. The van der Waals surface area contributed by atoms with Crippen molar-refractivity contribution in [2.24, 2.45) is 5.73 Å². The number of carboxylic acids is 2. The van der Waals surface area contributed by atoms with Gasteiger partial charge in [-0.15, -0.1) is 0 Å². The molecule has 1 aliphatic heterocycles. The molecule has 4 amide bonds. The number of nitrogens with zero attached hydrogens (tertiary/aromatic N) is 1. The average Bonchev–Trinajstić information content (AvgIpc) is 3.16. The Bertz CT molecular complexity index is 1360. The van der Waals surface area contributed by atoms with Crippen molar-refractivity contribution in [2.75, 3.05) is 13.2 Å². The van der Waals surface area contributed by atoms with Gasteiger partial charge in [-0.3, -0.25) is 19.3 Å². The molecule has 2 atom stereocenters. The van der Waals surface area contributed by atoms with E-state index in [0.29, 0.717) is 34.5 Å². The third-order valence-corrected chi connectivity index (χ3v) is 5.98. The molecule has 13 heteroatoms. The molecule has 0 radical (unpaired) electrons. The first kappa shape index (κ1) is 35.6. The van der Waals surface area contributed by atoms with E-state index in [-0.39, 0.29) is 20.5 Å². The van der Waals surface area contributed by atoms with Crippen LogP contribution in [0.15, 0.2) is 73.3 Å². The molecule has 0 unspecified atom stereocenters. The van der Waals surface area contributed by atoms with E-state index >= 15 is 0 Å². The summed E-state index contributed by atoms with van der Waals surface area (Å²) < 4.78 is 5.01. The minimum Gasteiger partial charge on any atom is -0.545 e. The zero-order valence-electron chi connectivity index (χ0n) is 23.0. The summed E-state index contributed by atoms with van der Waals surface area (Å²) >= 11 is 0. The SMILES string of the molecule is C.C=C(N)c1ccc([C@]2(C)NC(=O)N(CC(=O)N[C@@H](CC(=O)OCC)c3ccccc3)C2=O)cc1.O=C([O-])/C=C\C(=O)O. The lowest BCUT2D eigenvalue weighted by Crippen LogP contribution is -2.44. The van der Waals surface area contributed by atoms with Crippen molar-refractivity contribution >= 4 is 41.5 Å². The fraction of sp³-hybridized carbons (Fsp3) is 0.267. The number of hydrogen-bond acceptors (Lipinski definition) is 9. The molecule has 3 rings (SSSR count). The fourth-order valence-electron chi connectivity index (χ4n) is 3.90. The van der Waals surface area contributed by atoms with Crippen LogP contribution in [0.4, 0.5) is 4.79 Å². The summed E-state index contributed by atoms with van der Waals surface area (Å²) in [5, 5.41) is 22.6. The molecule has 0 aromatic heterocycles. The van der Waals surface area contributed by atoms with Gasteiger partial charge in [0.15, 0.2) is 0 Å². The van der Waals surface area contributed by atoms with Gasteiger partial charge in [0.05, 0.1) is 25.0 Å². The summed E-state index contributed by atoms with van der Waals surface area (Å²) in [4.78, 5) is 70.5. The van der Waals surface area contributed by atoms with Crippen LogP contribution in [0.5, 0.6) is 0 Å². The Balaban J connectivity index is 0.000000903. The van der Waals surface area contributed by atoms with Gasteiger partial charge < -0.3 is 36.1 Å². The van der Waals surface area contributed by atoms with E-state index in [0.717, 1.165) is 4.90 Å². The van der Waals surface area contributed by atoms with E-state index in [2.05, 4.69) is 17.2 Å². The first-order valence-corrected chi connectivity index (χ1v) is 12.6. The first-order valence-electron chi connectivity index (χ1n) is 12.6.